The molecule has 1 heterocycles. The number of rotatable bonds is 0. The molecule has 1 fully saturated rings. The van der Waals surface area contributed by atoms with Gasteiger partial charge in [0.2, 0.25) is 0 Å². The Balaban J connectivity index is 2.66. The largest absolute Gasteiger partial charge is 0.376 e. The summed E-state index contributed by atoms with van der Waals surface area (Å²) in [4.78, 5) is 0. The second-order valence-electron chi connectivity index (χ2n) is 4.03. The van der Waals surface area contributed by atoms with Crippen molar-refractivity contribution in [2.24, 2.45) is 0 Å². The molecular weight excluding hydrogens is 160 g/mol. The first kappa shape index (κ1) is 9.32. The van der Waals surface area contributed by atoms with Crippen LogP contribution in [0.15, 0.2) is 0 Å². The number of hydrogen-bond donors (Lipinski definition) is 4. The zero-order chi connectivity index (χ0) is 8.70. The fourth-order valence-electron chi connectivity index (χ4n) is 1.66. The standard InChI is InChI=1S/C7H16N2OS/c1-6(2)4-7(3,10)9-5(11)8-6/h5,8-11H,4H2,1-3H3. The predicted molar refractivity (Wildman–Crippen MR) is 48.4 cm³/mol. The summed E-state index contributed by atoms with van der Waals surface area (Å²) < 4.78 is 0. The Bertz CT molecular complexity index is 143. The van der Waals surface area contributed by atoms with Crippen molar-refractivity contribution in [3.63, 3.8) is 0 Å². The highest BCUT2D eigenvalue weighted by Crippen LogP contribution is 2.23. The van der Waals surface area contributed by atoms with Crippen LogP contribution in [0.25, 0.3) is 0 Å². The van der Waals surface area contributed by atoms with Gasteiger partial charge < -0.3 is 5.11 Å². The summed E-state index contributed by atoms with van der Waals surface area (Å²) in [7, 11) is 0. The summed E-state index contributed by atoms with van der Waals surface area (Å²) in [5.74, 6) is 0. The second kappa shape index (κ2) is 2.62. The minimum absolute atomic E-state index is 0.0544. The molecule has 0 saturated carbocycles. The summed E-state index contributed by atoms with van der Waals surface area (Å²) in [6.45, 7) is 5.86. The normalized spacial score (nSPS) is 43.9. The molecule has 66 valence electrons. The molecule has 0 bridgehead atoms. The summed E-state index contributed by atoms with van der Waals surface area (Å²) in [5.41, 5.74) is -0.990. The number of aliphatic hydroxyl groups is 1. The summed E-state index contributed by atoms with van der Waals surface area (Å²) in [6.07, 6.45) is 0.678. The molecule has 1 rings (SSSR count). The minimum atomic E-state index is -0.804. The van der Waals surface area contributed by atoms with Crippen LogP contribution < -0.4 is 10.6 Å². The van der Waals surface area contributed by atoms with Crippen molar-refractivity contribution in [2.75, 3.05) is 0 Å². The molecule has 0 aliphatic carbocycles. The molecule has 3 nitrogen and oxygen atoms in total. The lowest BCUT2D eigenvalue weighted by Crippen LogP contribution is -2.65. The lowest BCUT2D eigenvalue weighted by atomic mass is 9.92. The molecule has 0 aromatic carbocycles. The van der Waals surface area contributed by atoms with E-state index >= 15 is 0 Å². The van der Waals surface area contributed by atoms with Crippen molar-refractivity contribution in [2.45, 2.75) is 44.0 Å². The van der Waals surface area contributed by atoms with Crippen molar-refractivity contribution < 1.29 is 5.11 Å². The van der Waals surface area contributed by atoms with Crippen LogP contribution in [0.2, 0.25) is 0 Å². The van der Waals surface area contributed by atoms with Gasteiger partial charge in [-0.25, -0.2) is 0 Å². The fraction of sp³-hybridized carbons (Fsp3) is 1.00. The smallest absolute Gasteiger partial charge is 0.116 e. The molecule has 1 aliphatic rings. The van der Waals surface area contributed by atoms with Crippen LogP contribution >= 0.6 is 12.6 Å². The summed E-state index contributed by atoms with van der Waals surface area (Å²) >= 11 is 4.21. The Morgan fingerprint density at radius 1 is 1.36 bits per heavy atom. The SMILES string of the molecule is CC1(C)CC(C)(O)NC(S)N1. The Labute approximate surface area is 73.0 Å². The van der Waals surface area contributed by atoms with Gasteiger partial charge in [-0.1, -0.05) is 0 Å². The molecule has 2 atom stereocenters. The van der Waals surface area contributed by atoms with Crippen LogP contribution in [-0.2, 0) is 0 Å². The van der Waals surface area contributed by atoms with Crippen LogP contribution in [0, 0.1) is 0 Å². The lowest BCUT2D eigenvalue weighted by molar-refractivity contribution is -0.0377. The van der Waals surface area contributed by atoms with E-state index in [2.05, 4.69) is 23.3 Å². The Hall–Kier alpha value is 0.230. The highest BCUT2D eigenvalue weighted by molar-refractivity contribution is 7.80. The van der Waals surface area contributed by atoms with E-state index in [-0.39, 0.29) is 11.0 Å². The number of thiol groups is 1. The molecule has 0 amide bonds. The first-order chi connectivity index (χ1) is 4.81. The maximum Gasteiger partial charge on any atom is 0.116 e. The van der Waals surface area contributed by atoms with E-state index in [0.29, 0.717) is 6.42 Å². The maximum atomic E-state index is 9.68. The van der Waals surface area contributed by atoms with Crippen molar-refractivity contribution in [1.29, 1.82) is 0 Å². The average Bonchev–Trinajstić information content (AvgIpc) is 1.49. The molecule has 0 spiro atoms. The van der Waals surface area contributed by atoms with Gasteiger partial charge in [0.05, 0.1) is 0 Å². The van der Waals surface area contributed by atoms with Crippen LogP contribution in [0.3, 0.4) is 0 Å². The molecule has 0 aromatic heterocycles. The predicted octanol–water partition coefficient (Wildman–Crippen LogP) is 0.270. The van der Waals surface area contributed by atoms with Crippen molar-refractivity contribution in [3.05, 3.63) is 0 Å². The van der Waals surface area contributed by atoms with Gasteiger partial charge >= 0.3 is 0 Å². The third-order valence-electron chi connectivity index (χ3n) is 1.76. The maximum absolute atomic E-state index is 9.68. The molecule has 0 radical (unpaired) electrons. The van der Waals surface area contributed by atoms with Crippen LogP contribution in [-0.4, -0.2) is 21.9 Å². The Kier molecular flexibility index (Phi) is 2.22. The van der Waals surface area contributed by atoms with E-state index < -0.39 is 5.72 Å². The molecule has 1 saturated heterocycles. The minimum Gasteiger partial charge on any atom is -0.376 e. The summed E-state index contributed by atoms with van der Waals surface area (Å²) in [5, 5.41) is 15.8. The first-order valence-electron chi connectivity index (χ1n) is 3.77. The number of nitrogens with one attached hydrogen (secondary N) is 2. The van der Waals surface area contributed by atoms with E-state index in [0.717, 1.165) is 0 Å². The summed E-state index contributed by atoms with van der Waals surface area (Å²) in [6, 6.07) is 0. The van der Waals surface area contributed by atoms with E-state index in [9.17, 15) is 5.11 Å². The second-order valence-corrected chi connectivity index (χ2v) is 4.54. The van der Waals surface area contributed by atoms with Gasteiger partial charge in [-0.15, -0.1) is 12.6 Å². The van der Waals surface area contributed by atoms with Crippen molar-refractivity contribution >= 4 is 12.6 Å². The molecule has 11 heavy (non-hydrogen) atoms. The quantitative estimate of drug-likeness (QED) is 0.401. The topological polar surface area (TPSA) is 44.3 Å². The van der Waals surface area contributed by atoms with Crippen molar-refractivity contribution in [1.82, 2.24) is 10.6 Å². The monoisotopic (exact) mass is 176 g/mol. The molecule has 4 heteroatoms. The van der Waals surface area contributed by atoms with Gasteiger partial charge in [-0.3, -0.25) is 10.6 Å². The molecule has 3 N–H and O–H groups in total. The molecule has 0 aromatic rings. The van der Waals surface area contributed by atoms with Crippen LogP contribution in [0.5, 0.6) is 0 Å². The van der Waals surface area contributed by atoms with Gasteiger partial charge in [-0.2, -0.15) is 0 Å². The lowest BCUT2D eigenvalue weighted by Gasteiger charge is -2.44. The highest BCUT2D eigenvalue weighted by atomic mass is 32.1. The molecular formula is C7H16N2OS. The first-order valence-corrected chi connectivity index (χ1v) is 4.28. The van der Waals surface area contributed by atoms with E-state index in [1.54, 1.807) is 6.92 Å². The number of hydrogen-bond acceptors (Lipinski definition) is 4. The highest BCUT2D eigenvalue weighted by Gasteiger charge is 2.37. The zero-order valence-corrected chi connectivity index (χ0v) is 8.07. The van der Waals surface area contributed by atoms with Gasteiger partial charge in [0, 0.05) is 12.0 Å². The average molecular weight is 176 g/mol. The third-order valence-corrected chi connectivity index (χ3v) is 2.02. The van der Waals surface area contributed by atoms with E-state index in [1.807, 2.05) is 13.8 Å². The van der Waals surface area contributed by atoms with Crippen LogP contribution in [0.4, 0.5) is 0 Å². The van der Waals surface area contributed by atoms with E-state index in [4.69, 9.17) is 0 Å². The molecule has 1 aliphatic heterocycles. The van der Waals surface area contributed by atoms with Gasteiger partial charge in [-0.05, 0) is 20.8 Å². The van der Waals surface area contributed by atoms with E-state index in [1.165, 1.54) is 0 Å². The zero-order valence-electron chi connectivity index (χ0n) is 7.18. The molecule has 2 unspecified atom stereocenters. The van der Waals surface area contributed by atoms with Gasteiger partial charge in [0.15, 0.2) is 0 Å². The fourth-order valence-corrected chi connectivity index (χ4v) is 2.29. The van der Waals surface area contributed by atoms with Crippen molar-refractivity contribution in [3.8, 4) is 0 Å². The van der Waals surface area contributed by atoms with Gasteiger partial charge in [0.1, 0.15) is 11.2 Å². The third kappa shape index (κ3) is 2.63. The van der Waals surface area contributed by atoms with Crippen LogP contribution in [0.1, 0.15) is 27.2 Å². The van der Waals surface area contributed by atoms with Gasteiger partial charge in [0.25, 0.3) is 0 Å². The Morgan fingerprint density at radius 3 is 2.27 bits per heavy atom. The Morgan fingerprint density at radius 2 is 1.91 bits per heavy atom.